The summed E-state index contributed by atoms with van der Waals surface area (Å²) in [5.74, 6) is -0.271. The highest BCUT2D eigenvalue weighted by molar-refractivity contribution is 5.88. The first-order valence-electron chi connectivity index (χ1n) is 6.32. The standard InChI is InChI=1S/C14H17NO2/c16-14(17)11-4-2-10-3-5-12(13(10)8-11)9-15-6-1-7-15/h2,4,8,12H,1,3,5-7,9H2,(H,16,17). The van der Waals surface area contributed by atoms with Crippen molar-refractivity contribution in [1.82, 2.24) is 4.90 Å². The molecule has 1 fully saturated rings. The average molecular weight is 231 g/mol. The summed E-state index contributed by atoms with van der Waals surface area (Å²) in [6.45, 7) is 3.53. The third kappa shape index (κ3) is 1.95. The Kier molecular flexibility index (Phi) is 2.63. The maximum atomic E-state index is 11.0. The Morgan fingerprint density at radius 3 is 2.88 bits per heavy atom. The van der Waals surface area contributed by atoms with E-state index in [0.717, 1.165) is 13.0 Å². The second-order valence-corrected chi connectivity index (χ2v) is 5.11. The molecule has 1 aliphatic heterocycles. The minimum atomic E-state index is -0.817. The fourth-order valence-corrected chi connectivity index (χ4v) is 2.89. The summed E-state index contributed by atoms with van der Waals surface area (Å²) in [5, 5.41) is 9.03. The van der Waals surface area contributed by atoms with Crippen molar-refractivity contribution in [3.63, 3.8) is 0 Å². The molecule has 1 aromatic carbocycles. The van der Waals surface area contributed by atoms with Gasteiger partial charge in [-0.1, -0.05) is 6.07 Å². The highest BCUT2D eigenvalue weighted by Gasteiger charge is 2.27. The highest BCUT2D eigenvalue weighted by atomic mass is 16.4. The normalized spacial score (nSPS) is 23.2. The van der Waals surface area contributed by atoms with Crippen LogP contribution in [0.1, 0.15) is 40.2 Å². The third-order valence-corrected chi connectivity index (χ3v) is 4.02. The van der Waals surface area contributed by atoms with Crippen molar-refractivity contribution >= 4 is 5.97 Å². The molecule has 1 unspecified atom stereocenters. The fourth-order valence-electron chi connectivity index (χ4n) is 2.89. The lowest BCUT2D eigenvalue weighted by molar-refractivity contribution is 0.0696. The average Bonchev–Trinajstić information content (AvgIpc) is 2.65. The number of aryl methyl sites for hydroxylation is 1. The van der Waals surface area contributed by atoms with E-state index in [1.807, 2.05) is 12.1 Å². The van der Waals surface area contributed by atoms with E-state index in [9.17, 15) is 4.79 Å². The lowest BCUT2D eigenvalue weighted by atomic mass is 9.97. The van der Waals surface area contributed by atoms with Gasteiger partial charge in [-0.05, 0) is 61.5 Å². The Bertz CT molecular complexity index is 452. The van der Waals surface area contributed by atoms with Gasteiger partial charge in [-0.3, -0.25) is 0 Å². The van der Waals surface area contributed by atoms with Gasteiger partial charge in [-0.15, -0.1) is 0 Å². The molecule has 3 nitrogen and oxygen atoms in total. The Morgan fingerprint density at radius 1 is 1.41 bits per heavy atom. The number of carboxylic acids is 1. The predicted octanol–water partition coefficient (Wildman–Crippen LogP) is 2.12. The molecule has 0 radical (unpaired) electrons. The molecule has 1 N–H and O–H groups in total. The topological polar surface area (TPSA) is 40.5 Å². The van der Waals surface area contributed by atoms with Crippen molar-refractivity contribution in [1.29, 1.82) is 0 Å². The van der Waals surface area contributed by atoms with Crippen molar-refractivity contribution in [2.75, 3.05) is 19.6 Å². The summed E-state index contributed by atoms with van der Waals surface area (Å²) >= 11 is 0. The Morgan fingerprint density at radius 2 is 2.24 bits per heavy atom. The maximum absolute atomic E-state index is 11.0. The Labute approximate surface area is 101 Å². The molecule has 0 saturated carbocycles. The number of fused-ring (bicyclic) bond motifs is 1. The molecule has 0 amide bonds. The van der Waals surface area contributed by atoms with Crippen LogP contribution in [0, 0.1) is 0 Å². The van der Waals surface area contributed by atoms with E-state index in [1.165, 1.54) is 37.1 Å². The molecule has 1 heterocycles. The van der Waals surface area contributed by atoms with Crippen LogP contribution in [0.4, 0.5) is 0 Å². The third-order valence-electron chi connectivity index (χ3n) is 4.02. The molecule has 1 aromatic rings. The molecule has 3 rings (SSSR count). The molecule has 2 aliphatic rings. The van der Waals surface area contributed by atoms with Gasteiger partial charge >= 0.3 is 5.97 Å². The summed E-state index contributed by atoms with van der Waals surface area (Å²) in [7, 11) is 0. The molecule has 90 valence electrons. The van der Waals surface area contributed by atoms with Crippen molar-refractivity contribution in [3.05, 3.63) is 34.9 Å². The molecule has 3 heteroatoms. The number of benzene rings is 1. The lowest BCUT2D eigenvalue weighted by Crippen LogP contribution is -2.39. The van der Waals surface area contributed by atoms with Gasteiger partial charge in [-0.25, -0.2) is 4.79 Å². The van der Waals surface area contributed by atoms with Crippen LogP contribution >= 0.6 is 0 Å². The van der Waals surface area contributed by atoms with Crippen LogP contribution in [-0.4, -0.2) is 35.6 Å². The first-order valence-corrected chi connectivity index (χ1v) is 6.32. The van der Waals surface area contributed by atoms with Gasteiger partial charge in [0.25, 0.3) is 0 Å². The molecule has 17 heavy (non-hydrogen) atoms. The van der Waals surface area contributed by atoms with Crippen LogP contribution in [0.5, 0.6) is 0 Å². The van der Waals surface area contributed by atoms with Crippen LogP contribution in [0.25, 0.3) is 0 Å². The minimum absolute atomic E-state index is 0.430. The monoisotopic (exact) mass is 231 g/mol. The van der Waals surface area contributed by atoms with Crippen LogP contribution in [0.15, 0.2) is 18.2 Å². The van der Waals surface area contributed by atoms with Gasteiger partial charge in [0.05, 0.1) is 5.56 Å². The number of aromatic carboxylic acids is 1. The molecule has 1 aliphatic carbocycles. The summed E-state index contributed by atoms with van der Waals surface area (Å²) in [6.07, 6.45) is 3.59. The highest BCUT2D eigenvalue weighted by Crippen LogP contribution is 2.35. The summed E-state index contributed by atoms with van der Waals surface area (Å²) in [6, 6.07) is 5.61. The van der Waals surface area contributed by atoms with Crippen LogP contribution in [0.2, 0.25) is 0 Å². The van der Waals surface area contributed by atoms with E-state index in [-0.39, 0.29) is 0 Å². The van der Waals surface area contributed by atoms with Gasteiger partial charge in [0.1, 0.15) is 0 Å². The van der Waals surface area contributed by atoms with Gasteiger partial charge in [-0.2, -0.15) is 0 Å². The number of carbonyl (C=O) groups is 1. The fraction of sp³-hybridized carbons (Fsp3) is 0.500. The zero-order valence-electron chi connectivity index (χ0n) is 9.85. The molecule has 0 bridgehead atoms. The van der Waals surface area contributed by atoms with Crippen molar-refractivity contribution < 1.29 is 9.90 Å². The number of carboxylic acid groups (broad SMARTS) is 1. The maximum Gasteiger partial charge on any atom is 0.335 e. The minimum Gasteiger partial charge on any atom is -0.478 e. The van der Waals surface area contributed by atoms with E-state index >= 15 is 0 Å². The van der Waals surface area contributed by atoms with Gasteiger partial charge in [0, 0.05) is 6.54 Å². The first kappa shape index (κ1) is 10.8. The van der Waals surface area contributed by atoms with E-state index in [0.29, 0.717) is 11.5 Å². The predicted molar refractivity (Wildman–Crippen MR) is 65.5 cm³/mol. The lowest BCUT2D eigenvalue weighted by Gasteiger charge is -2.33. The van der Waals surface area contributed by atoms with Crippen molar-refractivity contribution in [3.8, 4) is 0 Å². The number of hydrogen-bond acceptors (Lipinski definition) is 2. The largest absolute Gasteiger partial charge is 0.478 e. The Hall–Kier alpha value is -1.35. The second-order valence-electron chi connectivity index (χ2n) is 5.11. The number of rotatable bonds is 3. The molecule has 1 saturated heterocycles. The van der Waals surface area contributed by atoms with E-state index in [2.05, 4.69) is 4.90 Å². The van der Waals surface area contributed by atoms with Gasteiger partial charge < -0.3 is 10.0 Å². The second kappa shape index (κ2) is 4.15. The number of nitrogens with zero attached hydrogens (tertiary/aromatic N) is 1. The van der Waals surface area contributed by atoms with E-state index < -0.39 is 5.97 Å². The Balaban J connectivity index is 1.83. The zero-order chi connectivity index (χ0) is 11.8. The molecule has 0 spiro atoms. The molecule has 1 atom stereocenters. The summed E-state index contributed by atoms with van der Waals surface area (Å²) < 4.78 is 0. The van der Waals surface area contributed by atoms with Crippen LogP contribution in [0.3, 0.4) is 0 Å². The number of hydrogen-bond donors (Lipinski definition) is 1. The smallest absolute Gasteiger partial charge is 0.335 e. The van der Waals surface area contributed by atoms with Crippen molar-refractivity contribution in [2.45, 2.75) is 25.2 Å². The quantitative estimate of drug-likeness (QED) is 0.866. The SMILES string of the molecule is O=C(O)c1ccc2c(c1)C(CN1CCC1)CC2. The zero-order valence-corrected chi connectivity index (χ0v) is 9.85. The summed E-state index contributed by atoms with van der Waals surface area (Å²) in [4.78, 5) is 13.5. The van der Waals surface area contributed by atoms with Crippen LogP contribution < -0.4 is 0 Å². The van der Waals surface area contributed by atoms with E-state index in [1.54, 1.807) is 6.07 Å². The molecule has 0 aromatic heterocycles. The number of likely N-dealkylation sites (tertiary alicyclic amines) is 1. The van der Waals surface area contributed by atoms with Gasteiger partial charge in [0.15, 0.2) is 0 Å². The van der Waals surface area contributed by atoms with Crippen LogP contribution in [-0.2, 0) is 6.42 Å². The molecular weight excluding hydrogens is 214 g/mol. The summed E-state index contributed by atoms with van der Waals surface area (Å²) in [5.41, 5.74) is 3.05. The first-order chi connectivity index (χ1) is 8.24. The van der Waals surface area contributed by atoms with E-state index in [4.69, 9.17) is 5.11 Å². The van der Waals surface area contributed by atoms with Crippen molar-refractivity contribution in [2.24, 2.45) is 0 Å². The molecular formula is C14H17NO2. The van der Waals surface area contributed by atoms with Gasteiger partial charge in [0.2, 0.25) is 0 Å².